The van der Waals surface area contributed by atoms with Gasteiger partial charge in [-0.1, -0.05) is 19.8 Å². The average Bonchev–Trinajstić information content (AvgIpc) is 2.31. The van der Waals surface area contributed by atoms with Crippen molar-refractivity contribution in [3.63, 3.8) is 0 Å². The predicted molar refractivity (Wildman–Crippen MR) is 62.6 cm³/mol. The van der Waals surface area contributed by atoms with Crippen LogP contribution in [0.3, 0.4) is 0 Å². The lowest BCUT2D eigenvalue weighted by atomic mass is 9.87. The Kier molecular flexibility index (Phi) is 7.12. The molecule has 4 nitrogen and oxygen atoms in total. The fourth-order valence-electron chi connectivity index (χ4n) is 1.16. The predicted octanol–water partition coefficient (Wildman–Crippen LogP) is 3.32. The van der Waals surface area contributed by atoms with E-state index in [9.17, 15) is 0 Å². The first kappa shape index (κ1) is 14.6. The lowest BCUT2D eigenvalue weighted by Crippen LogP contribution is -2.17. The van der Waals surface area contributed by atoms with Crippen LogP contribution in [0.15, 0.2) is 10.2 Å². The fourth-order valence-corrected chi connectivity index (χ4v) is 1.16. The molecule has 0 bridgehead atoms. The molecule has 0 heterocycles. The van der Waals surface area contributed by atoms with E-state index in [1.807, 2.05) is 6.92 Å². The number of rotatable bonds is 7. The molecule has 88 valence electrons. The van der Waals surface area contributed by atoms with Crippen LogP contribution >= 0.6 is 0 Å². The standard InChI is InChI=1S/C12H20N4/c1-4-5-6-12(3,9-14)10-16-15-8-11(2)7-13/h11H,4-6,8,10H2,1-3H3. The van der Waals surface area contributed by atoms with Crippen molar-refractivity contribution in [2.75, 3.05) is 13.1 Å². The third kappa shape index (κ3) is 6.14. The van der Waals surface area contributed by atoms with Gasteiger partial charge in [-0.25, -0.2) is 0 Å². The molecule has 2 unspecified atom stereocenters. The average molecular weight is 220 g/mol. The first-order chi connectivity index (χ1) is 7.58. The van der Waals surface area contributed by atoms with E-state index in [4.69, 9.17) is 10.5 Å². The van der Waals surface area contributed by atoms with Crippen LogP contribution in [-0.4, -0.2) is 13.1 Å². The molecule has 2 atom stereocenters. The van der Waals surface area contributed by atoms with Crippen molar-refractivity contribution < 1.29 is 0 Å². The van der Waals surface area contributed by atoms with Crippen LogP contribution in [0, 0.1) is 34.0 Å². The molecule has 16 heavy (non-hydrogen) atoms. The van der Waals surface area contributed by atoms with Crippen LogP contribution < -0.4 is 0 Å². The zero-order valence-corrected chi connectivity index (χ0v) is 10.4. The van der Waals surface area contributed by atoms with Gasteiger partial charge in [-0.3, -0.25) is 0 Å². The molecule has 0 aliphatic heterocycles. The largest absolute Gasteiger partial charge is 0.198 e. The molecular formula is C12H20N4. The van der Waals surface area contributed by atoms with Gasteiger partial charge in [0.2, 0.25) is 0 Å². The molecule has 0 radical (unpaired) electrons. The van der Waals surface area contributed by atoms with Crippen LogP contribution in [-0.2, 0) is 0 Å². The summed E-state index contributed by atoms with van der Waals surface area (Å²) in [6.07, 6.45) is 2.97. The van der Waals surface area contributed by atoms with Gasteiger partial charge >= 0.3 is 0 Å². The summed E-state index contributed by atoms with van der Waals surface area (Å²) in [5.41, 5.74) is -0.407. The van der Waals surface area contributed by atoms with Crippen LogP contribution in [0.2, 0.25) is 0 Å². The first-order valence-electron chi connectivity index (χ1n) is 5.72. The maximum atomic E-state index is 9.06. The summed E-state index contributed by atoms with van der Waals surface area (Å²) in [5.74, 6) is -0.104. The van der Waals surface area contributed by atoms with Crippen LogP contribution in [0.25, 0.3) is 0 Å². The van der Waals surface area contributed by atoms with E-state index < -0.39 is 5.41 Å². The summed E-state index contributed by atoms with van der Waals surface area (Å²) >= 11 is 0. The van der Waals surface area contributed by atoms with Crippen molar-refractivity contribution in [3.8, 4) is 12.1 Å². The smallest absolute Gasteiger partial charge is 0.0782 e. The minimum absolute atomic E-state index is 0.104. The molecule has 0 aromatic carbocycles. The molecule has 0 fully saturated rings. The van der Waals surface area contributed by atoms with Crippen molar-refractivity contribution in [1.82, 2.24) is 0 Å². The SMILES string of the molecule is CCCCC(C)(C#N)CN=NCC(C)C#N. The van der Waals surface area contributed by atoms with Gasteiger partial charge in [0, 0.05) is 0 Å². The highest BCUT2D eigenvalue weighted by Crippen LogP contribution is 2.23. The zero-order valence-electron chi connectivity index (χ0n) is 10.4. The topological polar surface area (TPSA) is 72.3 Å². The number of hydrogen-bond acceptors (Lipinski definition) is 4. The van der Waals surface area contributed by atoms with Gasteiger partial charge in [0.15, 0.2) is 0 Å². The first-order valence-corrected chi connectivity index (χ1v) is 5.72. The van der Waals surface area contributed by atoms with Crippen molar-refractivity contribution in [1.29, 1.82) is 10.5 Å². The van der Waals surface area contributed by atoms with Crippen LogP contribution in [0.5, 0.6) is 0 Å². The molecule has 4 heteroatoms. The summed E-state index contributed by atoms with van der Waals surface area (Å²) < 4.78 is 0. The molecule has 0 spiro atoms. The Morgan fingerprint density at radius 2 is 2.00 bits per heavy atom. The Labute approximate surface area is 98.0 Å². The Bertz CT molecular complexity index is 297. The summed E-state index contributed by atoms with van der Waals surface area (Å²) in [6, 6.07) is 4.39. The zero-order chi connectivity index (χ0) is 12.4. The van der Waals surface area contributed by atoms with E-state index in [1.54, 1.807) is 6.92 Å². The highest BCUT2D eigenvalue weighted by molar-refractivity contribution is 4.96. The van der Waals surface area contributed by atoms with Gasteiger partial charge in [0.1, 0.15) is 0 Å². The van der Waals surface area contributed by atoms with E-state index in [-0.39, 0.29) is 5.92 Å². The molecular weight excluding hydrogens is 200 g/mol. The minimum Gasteiger partial charge on any atom is -0.198 e. The number of unbranched alkanes of at least 4 members (excludes halogenated alkanes) is 1. The van der Waals surface area contributed by atoms with Crippen molar-refractivity contribution >= 4 is 0 Å². The molecule has 0 aromatic rings. The van der Waals surface area contributed by atoms with E-state index in [0.717, 1.165) is 19.3 Å². The Morgan fingerprint density at radius 3 is 2.50 bits per heavy atom. The van der Waals surface area contributed by atoms with Crippen molar-refractivity contribution in [2.45, 2.75) is 40.0 Å². The second-order valence-electron chi connectivity index (χ2n) is 4.43. The Morgan fingerprint density at radius 1 is 1.31 bits per heavy atom. The van der Waals surface area contributed by atoms with Crippen molar-refractivity contribution in [2.24, 2.45) is 21.6 Å². The number of nitriles is 2. The quantitative estimate of drug-likeness (QED) is 0.617. The normalized spacial score (nSPS) is 16.3. The minimum atomic E-state index is -0.407. The van der Waals surface area contributed by atoms with Crippen LogP contribution in [0.4, 0.5) is 0 Å². The highest BCUT2D eigenvalue weighted by atomic mass is 15.1. The molecule has 0 aromatic heterocycles. The van der Waals surface area contributed by atoms with Gasteiger partial charge < -0.3 is 0 Å². The van der Waals surface area contributed by atoms with Gasteiger partial charge in [-0.05, 0) is 20.3 Å². The number of nitrogens with zero attached hydrogens (tertiary/aromatic N) is 4. The molecule has 0 rings (SSSR count). The Hall–Kier alpha value is -1.42. The van der Waals surface area contributed by atoms with Gasteiger partial charge in [-0.2, -0.15) is 20.8 Å². The van der Waals surface area contributed by atoms with E-state index in [2.05, 4.69) is 29.3 Å². The van der Waals surface area contributed by atoms with E-state index in [1.165, 1.54) is 0 Å². The highest BCUT2D eigenvalue weighted by Gasteiger charge is 2.22. The van der Waals surface area contributed by atoms with Crippen LogP contribution in [0.1, 0.15) is 40.0 Å². The summed E-state index contributed by atoms with van der Waals surface area (Å²) in [5, 5.41) is 25.6. The molecule has 0 aliphatic carbocycles. The van der Waals surface area contributed by atoms with Gasteiger partial charge in [0.25, 0.3) is 0 Å². The molecule has 0 N–H and O–H groups in total. The third-order valence-electron chi connectivity index (χ3n) is 2.45. The molecule has 0 amide bonds. The maximum Gasteiger partial charge on any atom is 0.0782 e. The van der Waals surface area contributed by atoms with E-state index in [0.29, 0.717) is 13.1 Å². The Balaban J connectivity index is 4.05. The number of hydrogen-bond donors (Lipinski definition) is 0. The summed E-state index contributed by atoms with van der Waals surface area (Å²) in [6.45, 7) is 6.68. The monoisotopic (exact) mass is 220 g/mol. The number of azo groups is 1. The lowest BCUT2D eigenvalue weighted by Gasteiger charge is -2.17. The third-order valence-corrected chi connectivity index (χ3v) is 2.45. The lowest BCUT2D eigenvalue weighted by molar-refractivity contribution is 0.393. The van der Waals surface area contributed by atoms with Gasteiger partial charge in [-0.15, -0.1) is 0 Å². The molecule has 0 aliphatic rings. The second-order valence-corrected chi connectivity index (χ2v) is 4.43. The second kappa shape index (κ2) is 7.82. The summed E-state index contributed by atoms with van der Waals surface area (Å²) in [4.78, 5) is 0. The van der Waals surface area contributed by atoms with E-state index >= 15 is 0 Å². The molecule has 0 saturated carbocycles. The maximum absolute atomic E-state index is 9.06. The van der Waals surface area contributed by atoms with Gasteiger partial charge in [0.05, 0.1) is 36.6 Å². The summed E-state index contributed by atoms with van der Waals surface area (Å²) in [7, 11) is 0. The van der Waals surface area contributed by atoms with Crippen molar-refractivity contribution in [3.05, 3.63) is 0 Å². The molecule has 0 saturated heterocycles. The fraction of sp³-hybridized carbons (Fsp3) is 0.833.